The molecule has 8 heteroatoms. The summed E-state index contributed by atoms with van der Waals surface area (Å²) in [4.78, 5) is 10.8. The summed E-state index contributed by atoms with van der Waals surface area (Å²) in [5.41, 5.74) is 4.62. The maximum Gasteiger partial charge on any atom is 0.273 e. The van der Waals surface area contributed by atoms with Gasteiger partial charge in [-0.3, -0.25) is 10.1 Å². The number of fused-ring (bicyclic) bond motifs is 1. The lowest BCUT2D eigenvalue weighted by Crippen LogP contribution is -2.32. The van der Waals surface area contributed by atoms with Crippen molar-refractivity contribution in [2.45, 2.75) is 32.9 Å². The Morgan fingerprint density at radius 1 is 0.971 bits per heavy atom. The van der Waals surface area contributed by atoms with Crippen LogP contribution < -0.4 is 19.5 Å². The largest absolute Gasteiger partial charge is 0.496 e. The van der Waals surface area contributed by atoms with Crippen LogP contribution in [0.1, 0.15) is 31.9 Å². The number of non-ortho nitro benzene ring substituents is 1. The summed E-state index contributed by atoms with van der Waals surface area (Å²) in [7, 11) is 3.01. The zero-order chi connectivity index (χ0) is 25.3. The van der Waals surface area contributed by atoms with Gasteiger partial charge in [0.15, 0.2) is 11.5 Å². The molecule has 3 aromatic carbocycles. The van der Waals surface area contributed by atoms with Crippen molar-refractivity contribution in [3.63, 3.8) is 0 Å². The van der Waals surface area contributed by atoms with Crippen LogP contribution in [0.3, 0.4) is 0 Å². The van der Waals surface area contributed by atoms with E-state index in [1.54, 1.807) is 6.07 Å². The summed E-state index contributed by atoms with van der Waals surface area (Å²) in [6.45, 7) is 6.23. The molecule has 0 aromatic heterocycles. The lowest BCUT2D eigenvalue weighted by Gasteiger charge is -2.33. The van der Waals surface area contributed by atoms with Crippen LogP contribution in [-0.4, -0.2) is 24.7 Å². The van der Waals surface area contributed by atoms with Gasteiger partial charge in [-0.05, 0) is 62.2 Å². The van der Waals surface area contributed by atoms with Crippen molar-refractivity contribution in [1.82, 2.24) is 0 Å². The van der Waals surface area contributed by atoms with Gasteiger partial charge in [-0.1, -0.05) is 12.1 Å². The van der Waals surface area contributed by atoms with Gasteiger partial charge < -0.3 is 19.5 Å². The number of rotatable bonds is 7. The molecular weight excluding hydrogens is 451 g/mol. The maximum absolute atomic E-state index is 14.3. The minimum absolute atomic E-state index is 0.0585. The number of ether oxygens (including phenoxy) is 3. The number of nitrogens with zero attached hydrogens (tertiary/aromatic N) is 1. The van der Waals surface area contributed by atoms with E-state index in [1.807, 2.05) is 19.1 Å². The minimum atomic E-state index is -0.487. The SMILES string of the molecule is COc1ccc([N+](=O)[O-])cc1OCc1c(-c2cc(F)ccc2OC)ccc2c1C(C)=CC(C)(C)N2. The molecule has 0 unspecified atom stereocenters. The third kappa shape index (κ3) is 4.77. The normalized spacial score (nSPS) is 13.8. The van der Waals surface area contributed by atoms with Crippen LogP contribution in [-0.2, 0) is 6.61 Å². The van der Waals surface area contributed by atoms with E-state index in [0.29, 0.717) is 17.1 Å². The van der Waals surface area contributed by atoms with Gasteiger partial charge >= 0.3 is 0 Å². The molecule has 182 valence electrons. The van der Waals surface area contributed by atoms with Crippen molar-refractivity contribution in [2.24, 2.45) is 0 Å². The van der Waals surface area contributed by atoms with Gasteiger partial charge in [-0.15, -0.1) is 0 Å². The topological polar surface area (TPSA) is 82.9 Å². The van der Waals surface area contributed by atoms with Crippen LogP contribution in [0.4, 0.5) is 15.8 Å². The summed E-state index contributed by atoms with van der Waals surface area (Å²) >= 11 is 0. The first-order valence-corrected chi connectivity index (χ1v) is 11.1. The number of nitro benzene ring substituents is 1. The highest BCUT2D eigenvalue weighted by atomic mass is 19.1. The monoisotopic (exact) mass is 478 g/mol. The van der Waals surface area contributed by atoms with Crippen LogP contribution in [0.5, 0.6) is 17.2 Å². The highest BCUT2D eigenvalue weighted by molar-refractivity contribution is 5.88. The molecule has 3 aromatic rings. The molecule has 0 spiro atoms. The number of benzene rings is 3. The van der Waals surface area contributed by atoms with Gasteiger partial charge in [-0.25, -0.2) is 4.39 Å². The van der Waals surface area contributed by atoms with Crippen molar-refractivity contribution < 1.29 is 23.5 Å². The molecule has 0 aliphatic carbocycles. The molecule has 1 N–H and O–H groups in total. The van der Waals surface area contributed by atoms with Crippen LogP contribution >= 0.6 is 0 Å². The van der Waals surface area contributed by atoms with Crippen LogP contribution in [0.15, 0.2) is 54.6 Å². The standard InChI is InChI=1S/C27H27FN2O5/c1-16-14-27(2,3)29-22-9-8-19(20-12-17(28)6-10-23(20)33-4)21(26(16)22)15-35-25-13-18(30(31)32)7-11-24(25)34-5/h6-14,29H,15H2,1-5H3. The molecule has 1 aliphatic heterocycles. The van der Waals surface area contributed by atoms with Crippen molar-refractivity contribution in [2.75, 3.05) is 19.5 Å². The Bertz CT molecular complexity index is 1330. The van der Waals surface area contributed by atoms with Gasteiger partial charge in [0, 0.05) is 28.4 Å². The zero-order valence-corrected chi connectivity index (χ0v) is 20.3. The Kier molecular flexibility index (Phi) is 6.39. The molecule has 0 bridgehead atoms. The lowest BCUT2D eigenvalue weighted by molar-refractivity contribution is -0.385. The number of anilines is 1. The van der Waals surface area contributed by atoms with E-state index in [2.05, 4.69) is 25.2 Å². The number of nitrogens with one attached hydrogen (secondary N) is 1. The molecule has 0 amide bonds. The highest BCUT2D eigenvalue weighted by Gasteiger charge is 2.27. The van der Waals surface area contributed by atoms with Crippen molar-refractivity contribution in [3.05, 3.63) is 81.7 Å². The first-order valence-electron chi connectivity index (χ1n) is 11.1. The summed E-state index contributed by atoms with van der Waals surface area (Å²) in [6, 6.07) is 12.4. The van der Waals surface area contributed by atoms with Gasteiger partial charge in [0.2, 0.25) is 0 Å². The Balaban J connectivity index is 1.88. The summed E-state index contributed by atoms with van der Waals surface area (Å²) in [6.07, 6.45) is 2.12. The fourth-order valence-electron chi connectivity index (χ4n) is 4.53. The number of halogens is 1. The van der Waals surface area contributed by atoms with E-state index in [1.165, 1.54) is 44.6 Å². The number of methoxy groups -OCH3 is 2. The molecule has 0 saturated carbocycles. The van der Waals surface area contributed by atoms with Crippen LogP contribution in [0.25, 0.3) is 16.7 Å². The van der Waals surface area contributed by atoms with E-state index in [0.717, 1.165) is 28.0 Å². The first kappa shape index (κ1) is 24.1. The molecular formula is C27H27FN2O5. The Labute approximate surface area is 203 Å². The number of hydrogen-bond acceptors (Lipinski definition) is 6. The maximum atomic E-state index is 14.3. The number of hydrogen-bond donors (Lipinski definition) is 1. The molecule has 0 fully saturated rings. The second-order valence-electron chi connectivity index (χ2n) is 8.91. The van der Waals surface area contributed by atoms with E-state index in [-0.39, 0.29) is 23.6 Å². The fourth-order valence-corrected chi connectivity index (χ4v) is 4.53. The molecule has 35 heavy (non-hydrogen) atoms. The van der Waals surface area contributed by atoms with Gasteiger partial charge in [0.1, 0.15) is 18.2 Å². The van der Waals surface area contributed by atoms with Gasteiger partial charge in [0.05, 0.1) is 30.7 Å². The smallest absolute Gasteiger partial charge is 0.273 e. The third-order valence-corrected chi connectivity index (χ3v) is 5.92. The second kappa shape index (κ2) is 9.29. The zero-order valence-electron chi connectivity index (χ0n) is 20.3. The van der Waals surface area contributed by atoms with Gasteiger partial charge in [-0.2, -0.15) is 0 Å². The predicted molar refractivity (Wildman–Crippen MR) is 134 cm³/mol. The quantitative estimate of drug-likeness (QED) is 0.304. The molecule has 1 heterocycles. The number of nitro groups is 1. The molecule has 0 radical (unpaired) electrons. The number of allylic oxidation sites excluding steroid dienone is 1. The van der Waals surface area contributed by atoms with Crippen LogP contribution in [0, 0.1) is 15.9 Å². The second-order valence-corrected chi connectivity index (χ2v) is 8.91. The van der Waals surface area contributed by atoms with Crippen molar-refractivity contribution in [3.8, 4) is 28.4 Å². The Morgan fingerprint density at radius 3 is 2.37 bits per heavy atom. The Hall–Kier alpha value is -4.07. The van der Waals surface area contributed by atoms with E-state index < -0.39 is 10.7 Å². The molecule has 7 nitrogen and oxygen atoms in total. The molecule has 4 rings (SSSR count). The minimum Gasteiger partial charge on any atom is -0.496 e. The Morgan fingerprint density at radius 2 is 1.69 bits per heavy atom. The van der Waals surface area contributed by atoms with Gasteiger partial charge in [0.25, 0.3) is 5.69 Å². The molecule has 1 aliphatic rings. The fraction of sp³-hybridized carbons (Fsp3) is 0.259. The highest BCUT2D eigenvalue weighted by Crippen LogP contribution is 2.43. The van der Waals surface area contributed by atoms with Crippen molar-refractivity contribution >= 4 is 16.9 Å². The third-order valence-electron chi connectivity index (χ3n) is 5.92. The summed E-state index contributed by atoms with van der Waals surface area (Å²) in [5, 5.41) is 14.8. The molecule has 0 saturated heterocycles. The first-order chi connectivity index (χ1) is 16.6. The van der Waals surface area contributed by atoms with E-state index >= 15 is 0 Å². The molecule has 0 atom stereocenters. The van der Waals surface area contributed by atoms with E-state index in [4.69, 9.17) is 14.2 Å². The van der Waals surface area contributed by atoms with E-state index in [9.17, 15) is 14.5 Å². The summed E-state index contributed by atoms with van der Waals surface area (Å²) in [5.74, 6) is 0.738. The van der Waals surface area contributed by atoms with Crippen LogP contribution in [0.2, 0.25) is 0 Å². The average molecular weight is 479 g/mol. The van der Waals surface area contributed by atoms with Crippen molar-refractivity contribution in [1.29, 1.82) is 0 Å². The predicted octanol–water partition coefficient (Wildman–Crippen LogP) is 6.60. The average Bonchev–Trinajstić information content (AvgIpc) is 2.81. The summed E-state index contributed by atoms with van der Waals surface area (Å²) < 4.78 is 31.3. The lowest BCUT2D eigenvalue weighted by atomic mass is 9.85.